The molecule has 3 unspecified atom stereocenters. The standard InChI is InChI=1S/C15H23ClN2O2/c1-4-10(2)14(17)15(19)18-9-11(3)20-13-8-6-5-7-12(13)16/h5-8,10-11,14H,4,9,17H2,1-3H3,(H,18,19). The molecule has 0 aliphatic rings. The highest BCUT2D eigenvalue weighted by atomic mass is 35.5. The Morgan fingerprint density at radius 2 is 2.05 bits per heavy atom. The molecule has 1 aromatic carbocycles. The molecule has 3 atom stereocenters. The van der Waals surface area contributed by atoms with Crippen molar-refractivity contribution in [3.05, 3.63) is 29.3 Å². The average molecular weight is 299 g/mol. The zero-order valence-corrected chi connectivity index (χ0v) is 13.0. The van der Waals surface area contributed by atoms with Gasteiger partial charge in [-0.1, -0.05) is 44.0 Å². The normalized spacial score (nSPS) is 15.2. The van der Waals surface area contributed by atoms with E-state index in [1.165, 1.54) is 0 Å². The molecule has 0 fully saturated rings. The summed E-state index contributed by atoms with van der Waals surface area (Å²) >= 11 is 6.01. The second-order valence-corrected chi connectivity index (χ2v) is 5.42. The number of halogens is 1. The van der Waals surface area contributed by atoms with Gasteiger partial charge in [0.05, 0.1) is 17.6 Å². The smallest absolute Gasteiger partial charge is 0.237 e. The number of carbonyl (C=O) groups is 1. The Hall–Kier alpha value is -1.26. The van der Waals surface area contributed by atoms with E-state index in [2.05, 4.69) is 5.32 Å². The van der Waals surface area contributed by atoms with Gasteiger partial charge in [-0.2, -0.15) is 0 Å². The molecule has 112 valence electrons. The molecule has 0 aromatic heterocycles. The van der Waals surface area contributed by atoms with Gasteiger partial charge in [0.25, 0.3) is 0 Å². The van der Waals surface area contributed by atoms with Crippen LogP contribution in [0.2, 0.25) is 5.02 Å². The van der Waals surface area contributed by atoms with E-state index in [1.54, 1.807) is 12.1 Å². The van der Waals surface area contributed by atoms with Crippen molar-refractivity contribution >= 4 is 17.5 Å². The maximum Gasteiger partial charge on any atom is 0.237 e. The fourth-order valence-electron chi connectivity index (χ4n) is 1.67. The van der Waals surface area contributed by atoms with Gasteiger partial charge < -0.3 is 15.8 Å². The first-order valence-corrected chi connectivity index (χ1v) is 7.28. The van der Waals surface area contributed by atoms with Gasteiger partial charge in [-0.15, -0.1) is 0 Å². The number of para-hydroxylation sites is 1. The van der Waals surface area contributed by atoms with Gasteiger partial charge in [-0.25, -0.2) is 0 Å². The molecule has 0 bridgehead atoms. The van der Waals surface area contributed by atoms with E-state index < -0.39 is 6.04 Å². The van der Waals surface area contributed by atoms with Crippen molar-refractivity contribution in [1.29, 1.82) is 0 Å². The second kappa shape index (κ2) is 8.12. The van der Waals surface area contributed by atoms with Crippen LogP contribution in [-0.2, 0) is 4.79 Å². The Morgan fingerprint density at radius 3 is 2.65 bits per heavy atom. The van der Waals surface area contributed by atoms with Crippen molar-refractivity contribution in [1.82, 2.24) is 5.32 Å². The fraction of sp³-hybridized carbons (Fsp3) is 0.533. The first-order chi connectivity index (χ1) is 9.45. The minimum absolute atomic E-state index is 0.144. The Labute approximate surface area is 125 Å². The van der Waals surface area contributed by atoms with Crippen LogP contribution in [0.25, 0.3) is 0 Å². The number of nitrogens with one attached hydrogen (secondary N) is 1. The molecular formula is C15H23ClN2O2. The van der Waals surface area contributed by atoms with Gasteiger partial charge in [-0.05, 0) is 25.0 Å². The molecule has 5 heteroatoms. The molecule has 4 nitrogen and oxygen atoms in total. The van der Waals surface area contributed by atoms with E-state index in [4.69, 9.17) is 22.1 Å². The van der Waals surface area contributed by atoms with E-state index >= 15 is 0 Å². The van der Waals surface area contributed by atoms with Crippen LogP contribution in [0, 0.1) is 5.92 Å². The molecular weight excluding hydrogens is 276 g/mol. The molecule has 20 heavy (non-hydrogen) atoms. The average Bonchev–Trinajstić information content (AvgIpc) is 2.45. The molecule has 1 rings (SSSR count). The number of rotatable bonds is 7. The highest BCUT2D eigenvalue weighted by Crippen LogP contribution is 2.23. The molecule has 1 amide bonds. The minimum atomic E-state index is -0.479. The molecule has 0 spiro atoms. The lowest BCUT2D eigenvalue weighted by molar-refractivity contribution is -0.123. The number of ether oxygens (including phenoxy) is 1. The number of hydrogen-bond donors (Lipinski definition) is 2. The molecule has 0 aliphatic carbocycles. The first kappa shape index (κ1) is 16.8. The Balaban J connectivity index is 2.42. The summed E-state index contributed by atoms with van der Waals surface area (Å²) in [5.41, 5.74) is 5.86. The van der Waals surface area contributed by atoms with E-state index in [0.717, 1.165) is 6.42 Å². The third-order valence-electron chi connectivity index (χ3n) is 3.29. The van der Waals surface area contributed by atoms with Crippen molar-refractivity contribution in [3.63, 3.8) is 0 Å². The number of hydrogen-bond acceptors (Lipinski definition) is 3. The van der Waals surface area contributed by atoms with Gasteiger partial charge in [0.1, 0.15) is 11.9 Å². The zero-order chi connectivity index (χ0) is 15.1. The SMILES string of the molecule is CCC(C)C(N)C(=O)NCC(C)Oc1ccccc1Cl. The molecule has 0 aliphatic heterocycles. The third kappa shape index (κ3) is 5.02. The predicted molar refractivity (Wildman–Crippen MR) is 82.0 cm³/mol. The van der Waals surface area contributed by atoms with Crippen molar-refractivity contribution in [2.24, 2.45) is 11.7 Å². The van der Waals surface area contributed by atoms with Crippen LogP contribution in [-0.4, -0.2) is 24.6 Å². The third-order valence-corrected chi connectivity index (χ3v) is 3.60. The Kier molecular flexibility index (Phi) is 6.82. The summed E-state index contributed by atoms with van der Waals surface area (Å²) < 4.78 is 5.67. The summed E-state index contributed by atoms with van der Waals surface area (Å²) in [5.74, 6) is 0.630. The second-order valence-electron chi connectivity index (χ2n) is 5.02. The first-order valence-electron chi connectivity index (χ1n) is 6.90. The van der Waals surface area contributed by atoms with Crippen molar-refractivity contribution in [3.8, 4) is 5.75 Å². The highest BCUT2D eigenvalue weighted by Gasteiger charge is 2.19. The van der Waals surface area contributed by atoms with E-state index in [1.807, 2.05) is 32.9 Å². The van der Waals surface area contributed by atoms with Crippen LogP contribution in [0.4, 0.5) is 0 Å². The predicted octanol–water partition coefficient (Wildman–Crippen LogP) is 2.60. The molecule has 0 saturated heterocycles. The molecule has 0 radical (unpaired) electrons. The summed E-state index contributed by atoms with van der Waals surface area (Å²) in [6.07, 6.45) is 0.697. The monoisotopic (exact) mass is 298 g/mol. The largest absolute Gasteiger partial charge is 0.487 e. The zero-order valence-electron chi connectivity index (χ0n) is 12.2. The van der Waals surface area contributed by atoms with Gasteiger partial charge in [0.15, 0.2) is 0 Å². The van der Waals surface area contributed by atoms with Crippen molar-refractivity contribution in [2.45, 2.75) is 39.3 Å². The molecule has 1 aromatic rings. The molecule has 3 N–H and O–H groups in total. The number of benzene rings is 1. The number of amides is 1. The fourth-order valence-corrected chi connectivity index (χ4v) is 1.85. The highest BCUT2D eigenvalue weighted by molar-refractivity contribution is 6.32. The number of nitrogens with two attached hydrogens (primary N) is 1. The van der Waals surface area contributed by atoms with E-state index in [0.29, 0.717) is 17.3 Å². The quantitative estimate of drug-likeness (QED) is 0.813. The van der Waals surface area contributed by atoms with Crippen LogP contribution >= 0.6 is 11.6 Å². The maximum absolute atomic E-state index is 11.8. The number of carbonyl (C=O) groups excluding carboxylic acids is 1. The molecule has 0 heterocycles. The lowest BCUT2D eigenvalue weighted by Crippen LogP contribution is -2.47. The van der Waals surface area contributed by atoms with Crippen LogP contribution < -0.4 is 15.8 Å². The van der Waals surface area contributed by atoms with Crippen molar-refractivity contribution < 1.29 is 9.53 Å². The lowest BCUT2D eigenvalue weighted by Gasteiger charge is -2.20. The summed E-state index contributed by atoms with van der Waals surface area (Å²) in [6, 6.07) is 6.78. The summed E-state index contributed by atoms with van der Waals surface area (Å²) in [6.45, 7) is 6.25. The van der Waals surface area contributed by atoms with Crippen LogP contribution in [0.5, 0.6) is 5.75 Å². The van der Waals surface area contributed by atoms with E-state index in [9.17, 15) is 4.79 Å². The summed E-state index contributed by atoms with van der Waals surface area (Å²) in [5, 5.41) is 3.36. The summed E-state index contributed by atoms with van der Waals surface area (Å²) in [7, 11) is 0. The molecule has 0 saturated carbocycles. The Morgan fingerprint density at radius 1 is 1.40 bits per heavy atom. The Bertz CT molecular complexity index is 440. The summed E-state index contributed by atoms with van der Waals surface area (Å²) in [4.78, 5) is 11.8. The minimum Gasteiger partial charge on any atom is -0.487 e. The van der Waals surface area contributed by atoms with Gasteiger partial charge >= 0.3 is 0 Å². The topological polar surface area (TPSA) is 64.4 Å². The van der Waals surface area contributed by atoms with Crippen LogP contribution in [0.3, 0.4) is 0 Å². The van der Waals surface area contributed by atoms with Crippen molar-refractivity contribution in [2.75, 3.05) is 6.54 Å². The van der Waals surface area contributed by atoms with Crippen LogP contribution in [0.15, 0.2) is 24.3 Å². The lowest BCUT2D eigenvalue weighted by atomic mass is 9.99. The van der Waals surface area contributed by atoms with Gasteiger partial charge in [0, 0.05) is 0 Å². The van der Waals surface area contributed by atoms with Gasteiger partial charge in [0.2, 0.25) is 5.91 Å². The maximum atomic E-state index is 11.8. The van der Waals surface area contributed by atoms with Crippen LogP contribution in [0.1, 0.15) is 27.2 Å². The van der Waals surface area contributed by atoms with E-state index in [-0.39, 0.29) is 17.9 Å². The van der Waals surface area contributed by atoms with Gasteiger partial charge in [-0.3, -0.25) is 4.79 Å².